The van der Waals surface area contributed by atoms with Crippen LogP contribution in [0.15, 0.2) is 0 Å². The molecule has 0 bridgehead atoms. The summed E-state index contributed by atoms with van der Waals surface area (Å²) in [5.74, 6) is 2.01. The highest BCUT2D eigenvalue weighted by atomic mass is 16.7. The zero-order chi connectivity index (χ0) is 37.6. The molecule has 9 nitrogen and oxygen atoms in total. The molecule has 9 heteroatoms. The van der Waals surface area contributed by atoms with Crippen LogP contribution in [0, 0.1) is 56.7 Å². The molecule has 304 valence electrons. The molecule has 10 rings (SSSR count). The van der Waals surface area contributed by atoms with Gasteiger partial charge in [0.25, 0.3) is 0 Å². The number of fused-ring (bicyclic) bond motifs is 4. The van der Waals surface area contributed by atoms with E-state index in [4.69, 9.17) is 18.9 Å². The monoisotopic (exact) mass is 752 g/mol. The number of aliphatic hydroxyl groups is 1. The number of ether oxygens (including phenoxy) is 4. The van der Waals surface area contributed by atoms with Crippen molar-refractivity contribution >= 4 is 6.09 Å². The molecule has 10 aliphatic rings. The van der Waals surface area contributed by atoms with Crippen LogP contribution in [-0.4, -0.2) is 121 Å². The molecule has 1 N–H and O–H groups in total. The van der Waals surface area contributed by atoms with Crippen LogP contribution >= 0.6 is 0 Å². The molecule has 6 saturated carbocycles. The highest BCUT2D eigenvalue weighted by molar-refractivity contribution is 5.68. The van der Waals surface area contributed by atoms with E-state index >= 15 is 0 Å². The van der Waals surface area contributed by atoms with Crippen molar-refractivity contribution in [3.05, 3.63) is 0 Å². The third-order valence-corrected chi connectivity index (χ3v) is 19.5. The molecule has 2 spiro atoms. The fourth-order valence-electron chi connectivity index (χ4n) is 16.1. The second-order valence-corrected chi connectivity index (χ2v) is 22.1. The van der Waals surface area contributed by atoms with Gasteiger partial charge in [0, 0.05) is 56.8 Å². The lowest BCUT2D eigenvalue weighted by Crippen LogP contribution is -2.66. The maximum atomic E-state index is 13.0. The van der Waals surface area contributed by atoms with Crippen molar-refractivity contribution in [1.82, 2.24) is 14.7 Å². The lowest BCUT2D eigenvalue weighted by Gasteiger charge is -2.64. The van der Waals surface area contributed by atoms with E-state index in [1.54, 1.807) is 0 Å². The van der Waals surface area contributed by atoms with E-state index in [1.807, 2.05) is 4.90 Å². The first-order chi connectivity index (χ1) is 25.7. The number of hydrogen-bond acceptors (Lipinski definition) is 8. The average Bonchev–Trinajstić information content (AvgIpc) is 3.69. The van der Waals surface area contributed by atoms with Crippen LogP contribution in [0.2, 0.25) is 0 Å². The quantitative estimate of drug-likeness (QED) is 0.300. The number of amides is 1. The van der Waals surface area contributed by atoms with Gasteiger partial charge < -0.3 is 29.0 Å². The van der Waals surface area contributed by atoms with E-state index in [0.717, 1.165) is 58.1 Å². The summed E-state index contributed by atoms with van der Waals surface area (Å²) in [6, 6.07) is 1.52. The number of nitrogens with zero attached hydrogens (tertiary/aromatic N) is 3. The third-order valence-electron chi connectivity index (χ3n) is 19.5. The van der Waals surface area contributed by atoms with E-state index in [0.29, 0.717) is 40.5 Å². The van der Waals surface area contributed by atoms with Gasteiger partial charge in [0.15, 0.2) is 6.29 Å². The van der Waals surface area contributed by atoms with Crippen LogP contribution in [0.1, 0.15) is 126 Å². The fraction of sp³-hybridized carbons (Fsp3) is 0.978. The Morgan fingerprint density at radius 3 is 2.28 bits per heavy atom. The first kappa shape index (κ1) is 37.3. The van der Waals surface area contributed by atoms with Crippen LogP contribution in [-0.2, 0) is 18.9 Å². The lowest BCUT2D eigenvalue weighted by atomic mass is 9.41. The first-order valence-electron chi connectivity index (χ1n) is 22.8. The smallest absolute Gasteiger partial charge is 0.410 e. The summed E-state index contributed by atoms with van der Waals surface area (Å²) in [6.07, 6.45) is 13.4. The van der Waals surface area contributed by atoms with Gasteiger partial charge in [0.2, 0.25) is 0 Å². The molecule has 0 aromatic rings. The molecule has 10 fully saturated rings. The van der Waals surface area contributed by atoms with Gasteiger partial charge in [0.1, 0.15) is 6.10 Å². The highest BCUT2D eigenvalue weighted by Crippen LogP contribution is 2.89. The number of rotatable bonds is 7. The van der Waals surface area contributed by atoms with E-state index in [9.17, 15) is 9.90 Å². The number of carbonyl (C=O) groups is 1. The van der Waals surface area contributed by atoms with Gasteiger partial charge in [-0.05, 0) is 122 Å². The molecule has 4 heterocycles. The minimum Gasteiger partial charge on any atom is -0.443 e. The minimum atomic E-state index is -0.511. The third kappa shape index (κ3) is 5.05. The van der Waals surface area contributed by atoms with Crippen LogP contribution in [0.4, 0.5) is 4.79 Å². The van der Waals surface area contributed by atoms with Crippen LogP contribution in [0.5, 0.6) is 0 Å². The van der Waals surface area contributed by atoms with Crippen molar-refractivity contribution < 1.29 is 28.8 Å². The summed E-state index contributed by atoms with van der Waals surface area (Å²) in [6.45, 7) is 23.5. The maximum Gasteiger partial charge on any atom is 0.410 e. The fourth-order valence-corrected chi connectivity index (χ4v) is 16.1. The number of likely N-dealkylation sites (tertiary alicyclic amines) is 2. The molecule has 0 unspecified atom stereocenters. The van der Waals surface area contributed by atoms with Crippen LogP contribution in [0.25, 0.3) is 0 Å². The second kappa shape index (κ2) is 12.8. The van der Waals surface area contributed by atoms with E-state index in [2.05, 4.69) is 58.3 Å². The van der Waals surface area contributed by atoms with Crippen molar-refractivity contribution in [1.29, 1.82) is 0 Å². The van der Waals surface area contributed by atoms with E-state index < -0.39 is 6.10 Å². The molecule has 0 radical (unpaired) electrons. The standard InChI is InChI=1S/C45H73N3O6/c1-27(2)37(54-40(50)46-18-9-19-46)31-22-28(3)36-38(52-31)39(49)43(7)33-13-12-32-41(4,5)34(14-15-44(32)26-45(33,44)17-16-42(36,43)6)53-35-25-47(20-21-51-35)30-23-48(24-30)29-10-8-11-29/h27-39,49H,8-26H2,1-7H3/t28-,31-,32+,33+,34+,35+,36+,37-,38+,39+,42-,43-,44-,45+/m1/s1. The predicted molar refractivity (Wildman–Crippen MR) is 207 cm³/mol. The molecule has 54 heavy (non-hydrogen) atoms. The van der Waals surface area contributed by atoms with Gasteiger partial charge >= 0.3 is 6.09 Å². The summed E-state index contributed by atoms with van der Waals surface area (Å²) < 4.78 is 26.7. The lowest BCUT2D eigenvalue weighted by molar-refractivity contribution is -0.254. The topological polar surface area (TPSA) is 83.9 Å². The first-order valence-corrected chi connectivity index (χ1v) is 22.8. The average molecular weight is 752 g/mol. The summed E-state index contributed by atoms with van der Waals surface area (Å²) in [7, 11) is 0. The second-order valence-electron chi connectivity index (χ2n) is 22.1. The molecule has 14 atom stereocenters. The Morgan fingerprint density at radius 1 is 0.852 bits per heavy atom. The summed E-state index contributed by atoms with van der Waals surface area (Å²) in [5, 5.41) is 12.8. The minimum absolute atomic E-state index is 0.0189. The normalized spacial score (nSPS) is 50.7. The van der Waals surface area contributed by atoms with E-state index in [-0.39, 0.29) is 59.0 Å². The van der Waals surface area contributed by atoms with Crippen molar-refractivity contribution in [2.45, 2.75) is 174 Å². The highest BCUT2D eigenvalue weighted by Gasteiger charge is 2.84. The van der Waals surface area contributed by atoms with Crippen molar-refractivity contribution in [3.8, 4) is 0 Å². The van der Waals surface area contributed by atoms with Crippen molar-refractivity contribution in [2.24, 2.45) is 56.7 Å². The molecule has 4 aliphatic heterocycles. The molecule has 6 aliphatic carbocycles. The van der Waals surface area contributed by atoms with Gasteiger partial charge in [-0.25, -0.2) is 4.79 Å². The number of hydrogen-bond donors (Lipinski definition) is 1. The Hall–Kier alpha value is -0.970. The van der Waals surface area contributed by atoms with Gasteiger partial charge in [0.05, 0.1) is 31.0 Å². The number of carbonyl (C=O) groups excluding carboxylic acids is 1. The summed E-state index contributed by atoms with van der Waals surface area (Å²) in [5.41, 5.74) is 0.573. The zero-order valence-electron chi connectivity index (χ0n) is 34.8. The largest absolute Gasteiger partial charge is 0.443 e. The van der Waals surface area contributed by atoms with Gasteiger partial charge in [-0.3, -0.25) is 9.80 Å². The van der Waals surface area contributed by atoms with Gasteiger partial charge in [-0.15, -0.1) is 0 Å². The molecule has 4 saturated heterocycles. The molecule has 1 amide bonds. The molecule has 0 aromatic heterocycles. The summed E-state index contributed by atoms with van der Waals surface area (Å²) in [4.78, 5) is 20.2. The van der Waals surface area contributed by atoms with Crippen molar-refractivity contribution in [2.75, 3.05) is 45.9 Å². The Labute approximate surface area is 325 Å². The Balaban J connectivity index is 0.837. The molecular formula is C45H73N3O6. The predicted octanol–water partition coefficient (Wildman–Crippen LogP) is 6.95. The SMILES string of the molecule is CC(C)[C@@H](OC(=O)N1CCC1)[C@H]1C[C@@H](C)[C@H]2[C@H](O1)[C@H](O)[C@@]1(C)[C@@H]3CC[C@H]4C(C)(C)[C@@H](O[C@H]5CN(C6CN(C7CCC7)C6)CCO5)CC[C@@]45C[C@@]35CC[C@]21C. The Bertz CT molecular complexity index is 1460. The Morgan fingerprint density at radius 2 is 1.59 bits per heavy atom. The zero-order valence-corrected chi connectivity index (χ0v) is 34.8. The maximum absolute atomic E-state index is 13.0. The number of aliphatic hydroxyl groups excluding tert-OH is 1. The number of morpholine rings is 1. The summed E-state index contributed by atoms with van der Waals surface area (Å²) >= 11 is 0. The van der Waals surface area contributed by atoms with Crippen molar-refractivity contribution in [3.63, 3.8) is 0 Å². The van der Waals surface area contributed by atoms with Gasteiger partial charge in [-0.1, -0.05) is 54.9 Å². The Kier molecular flexibility index (Phi) is 8.82. The van der Waals surface area contributed by atoms with Gasteiger partial charge in [-0.2, -0.15) is 0 Å². The van der Waals surface area contributed by atoms with E-state index in [1.165, 1.54) is 70.9 Å². The molecular weight excluding hydrogens is 679 g/mol. The van der Waals surface area contributed by atoms with Crippen LogP contribution in [0.3, 0.4) is 0 Å². The molecule has 0 aromatic carbocycles. The van der Waals surface area contributed by atoms with Crippen LogP contribution < -0.4 is 0 Å².